The van der Waals surface area contributed by atoms with Gasteiger partial charge in [0, 0.05) is 6.61 Å². The van der Waals surface area contributed by atoms with E-state index in [1.165, 1.54) is 0 Å². The third-order valence-corrected chi connectivity index (χ3v) is 4.59. The lowest BCUT2D eigenvalue weighted by Gasteiger charge is -2.36. The zero-order valence-corrected chi connectivity index (χ0v) is 15.1. The summed E-state index contributed by atoms with van der Waals surface area (Å²) in [5, 5.41) is 47.1. The molecule has 2 rings (SSSR count). The summed E-state index contributed by atoms with van der Waals surface area (Å²) >= 11 is 0. The Balaban J connectivity index is 1.81. The molecule has 8 heteroatoms. The highest BCUT2D eigenvalue weighted by molar-refractivity contribution is 5.78. The van der Waals surface area contributed by atoms with E-state index in [9.17, 15) is 25.2 Å². The minimum atomic E-state index is -1.79. The van der Waals surface area contributed by atoms with Crippen LogP contribution in [-0.2, 0) is 16.0 Å². The monoisotopic (exact) mass is 384 g/mol. The van der Waals surface area contributed by atoms with Crippen LogP contribution in [0.2, 0.25) is 0 Å². The Labute approximate surface area is 158 Å². The molecule has 0 saturated carbocycles. The van der Waals surface area contributed by atoms with Crippen molar-refractivity contribution in [2.75, 3.05) is 6.61 Å². The highest BCUT2D eigenvalue weighted by atomic mass is 16.7. The molecule has 0 bridgehead atoms. The van der Waals surface area contributed by atoms with E-state index in [0.717, 1.165) is 44.1 Å². The lowest BCUT2D eigenvalue weighted by Crippen LogP contribution is -2.60. The molecule has 8 nitrogen and oxygen atoms in total. The molecule has 1 fully saturated rings. The second-order valence-corrected chi connectivity index (χ2v) is 6.73. The summed E-state index contributed by atoms with van der Waals surface area (Å²) in [6.45, 7) is 0.238. The largest absolute Gasteiger partial charge is 0.425 e. The van der Waals surface area contributed by atoms with Gasteiger partial charge in [0.25, 0.3) is 0 Å². The Morgan fingerprint density at radius 3 is 2.19 bits per heavy atom. The average Bonchev–Trinajstić information content (AvgIpc) is 2.67. The van der Waals surface area contributed by atoms with Crippen LogP contribution in [0.15, 0.2) is 24.3 Å². The van der Waals surface area contributed by atoms with E-state index in [4.69, 9.17) is 14.6 Å². The molecule has 0 aromatic heterocycles. The second-order valence-electron chi connectivity index (χ2n) is 6.73. The van der Waals surface area contributed by atoms with Crippen molar-refractivity contribution < 1.29 is 39.8 Å². The lowest BCUT2D eigenvalue weighted by molar-refractivity contribution is -0.279. The number of hydrogen-bond acceptors (Lipinski definition) is 8. The molecule has 5 atom stereocenters. The van der Waals surface area contributed by atoms with Crippen LogP contribution in [0.4, 0.5) is 0 Å². The molecule has 152 valence electrons. The molecule has 5 N–H and O–H groups in total. The van der Waals surface area contributed by atoms with Gasteiger partial charge in [-0.15, -0.1) is 0 Å². The summed E-state index contributed by atoms with van der Waals surface area (Å²) in [6.07, 6.45) is -2.54. The van der Waals surface area contributed by atoms with Gasteiger partial charge in [-0.1, -0.05) is 31.4 Å². The minimum Gasteiger partial charge on any atom is -0.425 e. The molecule has 1 aromatic rings. The van der Waals surface area contributed by atoms with Gasteiger partial charge in [0.15, 0.2) is 12.4 Å². The number of esters is 1. The Kier molecular flexibility index (Phi) is 8.62. The number of aliphatic hydroxyl groups excluding tert-OH is 5. The summed E-state index contributed by atoms with van der Waals surface area (Å²) < 4.78 is 9.97. The highest BCUT2D eigenvalue weighted by Crippen LogP contribution is 2.22. The predicted molar refractivity (Wildman–Crippen MR) is 94.9 cm³/mol. The van der Waals surface area contributed by atoms with Gasteiger partial charge >= 0.3 is 5.97 Å². The molecule has 0 spiro atoms. The van der Waals surface area contributed by atoms with Crippen LogP contribution >= 0.6 is 0 Å². The van der Waals surface area contributed by atoms with E-state index in [0.29, 0.717) is 0 Å². The topological polar surface area (TPSA) is 137 Å². The van der Waals surface area contributed by atoms with E-state index < -0.39 is 36.7 Å². The van der Waals surface area contributed by atoms with Gasteiger partial charge in [0.2, 0.25) is 0 Å². The quantitative estimate of drug-likeness (QED) is 0.226. The fourth-order valence-electron chi connectivity index (χ4n) is 2.93. The van der Waals surface area contributed by atoms with Gasteiger partial charge in [-0.05, 0) is 37.0 Å². The van der Waals surface area contributed by atoms with Gasteiger partial charge in [-0.2, -0.15) is 0 Å². The third-order valence-electron chi connectivity index (χ3n) is 4.59. The first kappa shape index (κ1) is 21.7. The fraction of sp³-hybridized carbons (Fsp3) is 0.632. The maximum atomic E-state index is 12.1. The number of aliphatic hydroxyl groups is 5. The van der Waals surface area contributed by atoms with Crippen molar-refractivity contribution in [3.63, 3.8) is 0 Å². The third kappa shape index (κ3) is 6.24. The van der Waals surface area contributed by atoms with Crippen LogP contribution in [0.25, 0.3) is 0 Å². The first-order chi connectivity index (χ1) is 12.9. The van der Waals surface area contributed by atoms with Crippen LogP contribution in [-0.4, -0.2) is 68.8 Å². The van der Waals surface area contributed by atoms with Crippen molar-refractivity contribution in [1.29, 1.82) is 0 Å². The molecule has 0 aliphatic carbocycles. The number of carbonyl (C=O) groups is 1. The van der Waals surface area contributed by atoms with Gasteiger partial charge in [0.1, 0.15) is 24.1 Å². The number of ether oxygens (including phenoxy) is 2. The first-order valence-corrected chi connectivity index (χ1v) is 9.23. The van der Waals surface area contributed by atoms with Crippen LogP contribution in [0.1, 0.15) is 37.7 Å². The van der Waals surface area contributed by atoms with Gasteiger partial charge in [-0.25, -0.2) is 4.79 Å². The van der Waals surface area contributed by atoms with E-state index in [1.54, 1.807) is 12.1 Å². The number of aryl methyl sites for hydroxylation is 1. The molecular formula is C19H28O8. The summed E-state index contributed by atoms with van der Waals surface area (Å²) in [5.74, 6) is -0.721. The highest BCUT2D eigenvalue weighted by Gasteiger charge is 2.47. The number of benzene rings is 1. The molecule has 0 unspecified atom stereocenters. The number of unbranched alkanes of at least 4 members (excludes halogenated alkanes) is 4. The van der Waals surface area contributed by atoms with Crippen molar-refractivity contribution >= 4 is 5.97 Å². The number of rotatable bonds is 9. The van der Waals surface area contributed by atoms with Crippen LogP contribution in [0, 0.1) is 0 Å². The van der Waals surface area contributed by atoms with Crippen molar-refractivity contribution in [3.05, 3.63) is 29.8 Å². The molecule has 1 heterocycles. The number of carbonyl (C=O) groups excluding carboxylic acids is 1. The van der Waals surface area contributed by atoms with Crippen molar-refractivity contribution in [2.45, 2.75) is 69.2 Å². The molecule has 27 heavy (non-hydrogen) atoms. The van der Waals surface area contributed by atoms with Gasteiger partial charge in [0.05, 0.1) is 0 Å². The maximum Gasteiger partial charge on any atom is 0.343 e. The molecule has 0 radical (unpaired) electrons. The van der Waals surface area contributed by atoms with Gasteiger partial charge < -0.3 is 35.0 Å². The second kappa shape index (κ2) is 10.7. The summed E-state index contributed by atoms with van der Waals surface area (Å²) in [6, 6.07) is 6.91. The van der Waals surface area contributed by atoms with Gasteiger partial charge in [-0.3, -0.25) is 0 Å². The molecule has 1 aliphatic rings. The minimum absolute atomic E-state index is 0.238. The summed E-state index contributed by atoms with van der Waals surface area (Å²) in [7, 11) is 0. The van der Waals surface area contributed by atoms with Crippen LogP contribution < -0.4 is 4.74 Å². The van der Waals surface area contributed by atoms with E-state index >= 15 is 0 Å². The Morgan fingerprint density at radius 2 is 1.52 bits per heavy atom. The molecular weight excluding hydrogens is 356 g/mol. The normalized spacial score (nSPS) is 28.1. The van der Waals surface area contributed by atoms with E-state index in [1.807, 2.05) is 12.1 Å². The molecule has 1 saturated heterocycles. The van der Waals surface area contributed by atoms with Crippen LogP contribution in [0.3, 0.4) is 0 Å². The maximum absolute atomic E-state index is 12.1. The van der Waals surface area contributed by atoms with Crippen molar-refractivity contribution in [2.24, 2.45) is 0 Å². The molecule has 0 amide bonds. The lowest BCUT2D eigenvalue weighted by atomic mass is 9.99. The SMILES string of the molecule is O=C(Oc1ccc(CCCCCCCO)cc1)[C@H]1O[C@@H](O)[C@H](O)[C@@H](O)[C@@H]1O. The Bertz CT molecular complexity index is 576. The summed E-state index contributed by atoms with van der Waals surface area (Å²) in [4.78, 5) is 12.1. The standard InChI is InChI=1S/C19H28O8/c20-11-5-3-1-2-4-6-12-7-9-13(10-8-12)26-19(25)17-15(22)14(21)16(23)18(24)27-17/h7-10,14-18,20-24H,1-6,11H2/t14-,15-,16+,17-,18+/m0/s1. The molecule has 1 aromatic carbocycles. The molecule has 1 aliphatic heterocycles. The zero-order chi connectivity index (χ0) is 19.8. The summed E-state index contributed by atoms with van der Waals surface area (Å²) in [5.41, 5.74) is 1.10. The predicted octanol–water partition coefficient (Wildman–Crippen LogP) is -0.123. The van der Waals surface area contributed by atoms with Crippen molar-refractivity contribution in [3.8, 4) is 5.75 Å². The first-order valence-electron chi connectivity index (χ1n) is 9.23. The van der Waals surface area contributed by atoms with E-state index in [-0.39, 0.29) is 12.4 Å². The number of hydrogen-bond donors (Lipinski definition) is 5. The average molecular weight is 384 g/mol. The van der Waals surface area contributed by atoms with Crippen LogP contribution in [0.5, 0.6) is 5.75 Å². The Hall–Kier alpha value is -1.55. The Morgan fingerprint density at radius 1 is 0.889 bits per heavy atom. The zero-order valence-electron chi connectivity index (χ0n) is 15.1. The van der Waals surface area contributed by atoms with E-state index in [2.05, 4.69) is 0 Å². The fourth-order valence-corrected chi connectivity index (χ4v) is 2.93. The smallest absolute Gasteiger partial charge is 0.343 e. The van der Waals surface area contributed by atoms with Crippen molar-refractivity contribution in [1.82, 2.24) is 0 Å².